The van der Waals surface area contributed by atoms with Crippen LogP contribution in [-0.4, -0.2) is 38.4 Å². The summed E-state index contributed by atoms with van der Waals surface area (Å²) < 4.78 is 11.6. The molecule has 1 N–H and O–H groups in total. The number of hydrogen-bond acceptors (Lipinski definition) is 7. The summed E-state index contributed by atoms with van der Waals surface area (Å²) in [6, 6.07) is 4.92. The maximum Gasteiger partial charge on any atom is 0.344 e. The molecule has 1 aromatic carbocycles. The lowest BCUT2D eigenvalue weighted by Crippen LogP contribution is -2.22. The Morgan fingerprint density at radius 2 is 2.19 bits per heavy atom. The highest BCUT2D eigenvalue weighted by atomic mass is 35.5. The van der Waals surface area contributed by atoms with Crippen molar-refractivity contribution in [1.29, 1.82) is 0 Å². The molecule has 0 bridgehead atoms. The van der Waals surface area contributed by atoms with Crippen LogP contribution < -0.4 is 5.32 Å². The Balaban J connectivity index is 1.69. The van der Waals surface area contributed by atoms with Crippen LogP contribution in [0, 0.1) is 6.92 Å². The fraction of sp³-hybridized carbons (Fsp3) is 0.235. The van der Waals surface area contributed by atoms with E-state index in [-0.39, 0.29) is 5.56 Å². The lowest BCUT2D eigenvalue weighted by Gasteiger charge is -2.11. The third-order valence-electron chi connectivity index (χ3n) is 3.71. The molecule has 140 valence electrons. The van der Waals surface area contributed by atoms with Gasteiger partial charge in [0, 0.05) is 5.02 Å². The molecule has 0 saturated carbocycles. The predicted molar refractivity (Wildman–Crippen MR) is 95.9 cm³/mol. The average molecular weight is 390 g/mol. The smallest absolute Gasteiger partial charge is 0.344 e. The first-order valence-corrected chi connectivity index (χ1v) is 8.44. The fourth-order valence-corrected chi connectivity index (χ4v) is 2.62. The minimum Gasteiger partial charge on any atom is -0.452 e. The number of esters is 1. The first kappa shape index (κ1) is 18.6. The molecule has 2 heterocycles. The minimum absolute atomic E-state index is 0.247. The fourth-order valence-electron chi connectivity index (χ4n) is 2.45. The van der Waals surface area contributed by atoms with Crippen LogP contribution in [0.2, 0.25) is 5.02 Å². The van der Waals surface area contributed by atoms with E-state index < -0.39 is 18.5 Å². The highest BCUT2D eigenvalue weighted by Gasteiger charge is 2.21. The Hall–Kier alpha value is -3.20. The zero-order valence-electron chi connectivity index (χ0n) is 14.6. The number of carbonyl (C=O) groups excluding carboxylic acids is 2. The number of ether oxygens (including phenoxy) is 1. The lowest BCUT2D eigenvalue weighted by molar-refractivity contribution is -0.119. The van der Waals surface area contributed by atoms with Crippen LogP contribution in [0.5, 0.6) is 0 Å². The van der Waals surface area contributed by atoms with Crippen molar-refractivity contribution in [2.45, 2.75) is 20.3 Å². The van der Waals surface area contributed by atoms with E-state index in [1.54, 1.807) is 25.1 Å². The van der Waals surface area contributed by atoms with Gasteiger partial charge in [0.15, 0.2) is 6.61 Å². The van der Waals surface area contributed by atoms with Gasteiger partial charge in [-0.15, -0.1) is 0 Å². The molecule has 0 aliphatic heterocycles. The Bertz CT molecular complexity index is 968. The molecule has 0 spiro atoms. The molecule has 2 aromatic heterocycles. The van der Waals surface area contributed by atoms with Gasteiger partial charge < -0.3 is 14.6 Å². The van der Waals surface area contributed by atoms with Gasteiger partial charge in [0.25, 0.3) is 5.91 Å². The molecule has 1 amide bonds. The maximum atomic E-state index is 12.2. The second kappa shape index (κ2) is 8.00. The molecular weight excluding hydrogens is 374 g/mol. The van der Waals surface area contributed by atoms with Gasteiger partial charge in [-0.25, -0.2) is 14.5 Å². The quantitative estimate of drug-likeness (QED) is 0.644. The van der Waals surface area contributed by atoms with Gasteiger partial charge in [-0.2, -0.15) is 5.10 Å². The first-order valence-electron chi connectivity index (χ1n) is 8.06. The van der Waals surface area contributed by atoms with E-state index in [9.17, 15) is 9.59 Å². The highest BCUT2D eigenvalue weighted by molar-refractivity contribution is 6.31. The molecule has 3 aromatic rings. The number of halogens is 1. The summed E-state index contributed by atoms with van der Waals surface area (Å²) in [6.07, 6.45) is 3.37. The molecule has 3 rings (SSSR count). The highest BCUT2D eigenvalue weighted by Crippen LogP contribution is 2.24. The molecule has 0 saturated heterocycles. The number of carbonyl (C=O) groups is 2. The number of rotatable bonds is 6. The zero-order valence-corrected chi connectivity index (χ0v) is 15.4. The summed E-state index contributed by atoms with van der Waals surface area (Å²) in [5.41, 5.74) is 1.71. The second-order valence-corrected chi connectivity index (χ2v) is 5.98. The Morgan fingerprint density at radius 3 is 2.89 bits per heavy atom. The molecule has 0 aliphatic rings. The normalized spacial score (nSPS) is 10.6. The number of nitrogens with one attached hydrogen (secondary N) is 1. The van der Waals surface area contributed by atoms with Crippen LogP contribution in [0.15, 0.2) is 35.4 Å². The number of benzene rings is 1. The van der Waals surface area contributed by atoms with E-state index in [4.69, 9.17) is 20.9 Å². The van der Waals surface area contributed by atoms with Gasteiger partial charge in [-0.05, 0) is 31.5 Å². The molecule has 0 atom stereocenters. The molecule has 27 heavy (non-hydrogen) atoms. The number of nitrogens with zero attached hydrogens (tertiary/aromatic N) is 4. The molecule has 0 radical (unpaired) electrons. The first-order chi connectivity index (χ1) is 13.0. The summed E-state index contributed by atoms with van der Waals surface area (Å²) in [4.78, 5) is 28.3. The van der Waals surface area contributed by atoms with Crippen molar-refractivity contribution < 1.29 is 18.8 Å². The van der Waals surface area contributed by atoms with Crippen molar-refractivity contribution in [3.63, 3.8) is 0 Å². The number of hydrogen-bond donors (Lipinski definition) is 1. The van der Waals surface area contributed by atoms with Gasteiger partial charge in [0.2, 0.25) is 0 Å². The second-order valence-electron chi connectivity index (χ2n) is 5.54. The summed E-state index contributed by atoms with van der Waals surface area (Å²) in [6.45, 7) is 2.97. The maximum absolute atomic E-state index is 12.2. The van der Waals surface area contributed by atoms with Crippen molar-refractivity contribution >= 4 is 29.2 Å². The van der Waals surface area contributed by atoms with Crippen molar-refractivity contribution in [2.24, 2.45) is 0 Å². The Kier molecular flexibility index (Phi) is 5.51. The van der Waals surface area contributed by atoms with Gasteiger partial charge in [-0.1, -0.05) is 23.7 Å². The van der Waals surface area contributed by atoms with Crippen LogP contribution in [0.1, 0.15) is 28.7 Å². The predicted octanol–water partition coefficient (Wildman–Crippen LogP) is 2.58. The Morgan fingerprint density at radius 1 is 1.37 bits per heavy atom. The van der Waals surface area contributed by atoms with E-state index >= 15 is 0 Å². The standard InChI is InChI=1S/C17H16ClN5O4/c1-3-12-16(10(2)27-22-12)17(25)26-7-15(24)21-13-6-11(18)4-5-14(13)23-9-19-8-20-23/h4-6,8-9H,3,7H2,1-2H3,(H,21,24). The minimum atomic E-state index is -0.664. The number of aryl methyl sites for hydroxylation is 2. The largest absolute Gasteiger partial charge is 0.452 e. The van der Waals surface area contributed by atoms with Crippen LogP contribution in [0.25, 0.3) is 5.69 Å². The lowest BCUT2D eigenvalue weighted by atomic mass is 10.1. The summed E-state index contributed by atoms with van der Waals surface area (Å²) >= 11 is 6.01. The van der Waals surface area contributed by atoms with Crippen LogP contribution in [0.4, 0.5) is 5.69 Å². The topological polar surface area (TPSA) is 112 Å². The summed E-state index contributed by atoms with van der Waals surface area (Å²) in [5, 5.41) is 10.9. The van der Waals surface area contributed by atoms with Crippen molar-refractivity contribution in [2.75, 3.05) is 11.9 Å². The zero-order chi connectivity index (χ0) is 19.4. The van der Waals surface area contributed by atoms with E-state index in [1.165, 1.54) is 17.3 Å². The van der Waals surface area contributed by atoms with E-state index in [1.807, 2.05) is 6.92 Å². The number of anilines is 1. The molecule has 9 nitrogen and oxygen atoms in total. The Labute approximate surface area is 159 Å². The molecule has 0 unspecified atom stereocenters. The molecule has 10 heteroatoms. The van der Waals surface area contributed by atoms with Crippen LogP contribution >= 0.6 is 11.6 Å². The summed E-state index contributed by atoms with van der Waals surface area (Å²) in [5.74, 6) is -0.844. The SMILES string of the molecule is CCc1noc(C)c1C(=O)OCC(=O)Nc1cc(Cl)ccc1-n1cncn1. The summed E-state index contributed by atoms with van der Waals surface area (Å²) in [7, 11) is 0. The van der Waals surface area contributed by atoms with Crippen molar-refractivity contribution in [3.05, 3.63) is 52.9 Å². The van der Waals surface area contributed by atoms with Crippen LogP contribution in [0.3, 0.4) is 0 Å². The molecular formula is C17H16ClN5O4. The van der Waals surface area contributed by atoms with Gasteiger partial charge in [-0.3, -0.25) is 4.79 Å². The van der Waals surface area contributed by atoms with E-state index in [2.05, 4.69) is 20.6 Å². The van der Waals surface area contributed by atoms with Crippen molar-refractivity contribution in [1.82, 2.24) is 19.9 Å². The molecule has 0 aliphatic carbocycles. The third kappa shape index (κ3) is 4.14. The monoisotopic (exact) mass is 389 g/mol. The number of aromatic nitrogens is 4. The van der Waals surface area contributed by atoms with Gasteiger partial charge in [0.1, 0.15) is 24.0 Å². The van der Waals surface area contributed by atoms with E-state index in [0.717, 1.165) is 0 Å². The average Bonchev–Trinajstić information content (AvgIpc) is 3.29. The van der Waals surface area contributed by atoms with Crippen LogP contribution in [-0.2, 0) is 16.0 Å². The van der Waals surface area contributed by atoms with E-state index in [0.29, 0.717) is 34.3 Å². The third-order valence-corrected chi connectivity index (χ3v) is 3.94. The number of amides is 1. The van der Waals surface area contributed by atoms with Gasteiger partial charge >= 0.3 is 5.97 Å². The molecule has 0 fully saturated rings. The van der Waals surface area contributed by atoms with Gasteiger partial charge in [0.05, 0.1) is 17.1 Å². The van der Waals surface area contributed by atoms with Crippen molar-refractivity contribution in [3.8, 4) is 5.69 Å².